The summed E-state index contributed by atoms with van der Waals surface area (Å²) in [5.74, 6) is 0.355. The molecule has 11 atom stereocenters. The topological polar surface area (TPSA) is 105 Å². The number of carbonyl (C=O) groups excluding carboxylic acids is 1. The van der Waals surface area contributed by atoms with E-state index in [0.717, 1.165) is 18.4 Å². The van der Waals surface area contributed by atoms with Gasteiger partial charge in [-0.2, -0.15) is 0 Å². The molecule has 1 heterocycles. The van der Waals surface area contributed by atoms with E-state index in [0.29, 0.717) is 12.3 Å². The zero-order valence-corrected chi connectivity index (χ0v) is 18.6. The second-order valence-corrected chi connectivity index (χ2v) is 10.7. The Morgan fingerprint density at radius 2 is 1.83 bits per heavy atom. The summed E-state index contributed by atoms with van der Waals surface area (Å²) >= 11 is 0. The van der Waals surface area contributed by atoms with Gasteiger partial charge in [-0.25, -0.2) is 0 Å². The van der Waals surface area contributed by atoms with E-state index < -0.39 is 42.3 Å². The monoisotopic (exact) mass is 424 g/mol. The minimum absolute atomic E-state index is 0.00203. The van der Waals surface area contributed by atoms with Gasteiger partial charge in [0.1, 0.15) is 12.2 Å². The summed E-state index contributed by atoms with van der Waals surface area (Å²) in [5.41, 5.74) is 0.368. The third kappa shape index (κ3) is 3.43. The number of hydrogen-bond acceptors (Lipinski definition) is 7. The third-order valence-corrected chi connectivity index (χ3v) is 8.28. The standard InChI is InChI=1S/C23H36O7/c1-10-9-14(16-17(22(16,4)5)15-13(10)7-8-23(15,6)27)30-21-20(29-12(3)24)19(26)18(25)11(2)28-21/h11,13-21,25-27H,1,7-9H2,2-6H3/t11-,13-,14+,15-,16+,17-,18+,19+,20-,21+,23+/m1/s1. The predicted octanol–water partition coefficient (Wildman–Crippen LogP) is 1.78. The highest BCUT2D eigenvalue weighted by Crippen LogP contribution is 2.71. The number of hydrogen-bond donors (Lipinski definition) is 3. The van der Waals surface area contributed by atoms with Crippen molar-refractivity contribution in [1.82, 2.24) is 0 Å². The van der Waals surface area contributed by atoms with Gasteiger partial charge in [-0.3, -0.25) is 4.79 Å². The summed E-state index contributed by atoms with van der Waals surface area (Å²) in [6, 6.07) is 0. The molecule has 4 rings (SSSR count). The van der Waals surface area contributed by atoms with E-state index in [2.05, 4.69) is 20.4 Å². The van der Waals surface area contributed by atoms with Gasteiger partial charge in [0.25, 0.3) is 0 Å². The Labute approximate surface area is 178 Å². The van der Waals surface area contributed by atoms with Crippen molar-refractivity contribution in [3.05, 3.63) is 12.2 Å². The molecule has 0 amide bonds. The van der Waals surface area contributed by atoms with Crippen molar-refractivity contribution < 1.29 is 34.3 Å². The Hall–Kier alpha value is -0.990. The first kappa shape index (κ1) is 22.2. The van der Waals surface area contributed by atoms with E-state index in [1.807, 2.05) is 6.92 Å². The van der Waals surface area contributed by atoms with Gasteiger partial charge in [0.05, 0.1) is 17.8 Å². The van der Waals surface area contributed by atoms with Gasteiger partial charge >= 0.3 is 5.97 Å². The van der Waals surface area contributed by atoms with Gasteiger partial charge in [-0.05, 0) is 62.2 Å². The molecule has 3 N–H and O–H groups in total. The van der Waals surface area contributed by atoms with Crippen molar-refractivity contribution in [2.45, 2.75) is 96.3 Å². The second kappa shape index (κ2) is 7.27. The molecule has 7 heteroatoms. The normalized spacial score (nSPS) is 52.2. The summed E-state index contributed by atoms with van der Waals surface area (Å²) in [6.07, 6.45) is -3.07. The molecule has 1 saturated heterocycles. The molecule has 0 radical (unpaired) electrons. The van der Waals surface area contributed by atoms with Crippen LogP contribution in [0.4, 0.5) is 0 Å². The van der Waals surface area contributed by atoms with Crippen LogP contribution in [0.25, 0.3) is 0 Å². The van der Waals surface area contributed by atoms with E-state index in [1.165, 1.54) is 6.92 Å². The van der Waals surface area contributed by atoms with Crippen LogP contribution in [0.5, 0.6) is 0 Å². The van der Waals surface area contributed by atoms with Crippen molar-refractivity contribution in [3.8, 4) is 0 Å². The largest absolute Gasteiger partial charge is 0.454 e. The molecule has 4 fully saturated rings. The summed E-state index contributed by atoms with van der Waals surface area (Å²) in [7, 11) is 0. The molecule has 0 aromatic heterocycles. The average Bonchev–Trinajstić information content (AvgIpc) is 3.09. The zero-order valence-electron chi connectivity index (χ0n) is 18.6. The fraction of sp³-hybridized carbons (Fsp3) is 0.870. The molecule has 4 aliphatic rings. The molecule has 1 aliphatic heterocycles. The molecule has 170 valence electrons. The van der Waals surface area contributed by atoms with Gasteiger partial charge in [0.2, 0.25) is 0 Å². The molecule has 0 aromatic rings. The molecule has 0 aromatic carbocycles. The third-order valence-electron chi connectivity index (χ3n) is 8.28. The van der Waals surface area contributed by atoms with Crippen molar-refractivity contribution in [3.63, 3.8) is 0 Å². The minimum Gasteiger partial charge on any atom is -0.454 e. The van der Waals surface area contributed by atoms with Gasteiger partial charge < -0.3 is 29.5 Å². The maximum Gasteiger partial charge on any atom is 0.303 e. The van der Waals surface area contributed by atoms with Crippen LogP contribution in [0, 0.1) is 29.1 Å². The Bertz CT molecular complexity index is 716. The SMILES string of the molecule is C=C1C[C@H](O[C@@H]2O[C@H](C)[C@H](O)[C@H](O)[C@H]2OC(C)=O)[C@H]2[C@@H]([C@H]3[C@@H]1CC[C@]3(C)O)C2(C)C. The molecule has 0 bridgehead atoms. The van der Waals surface area contributed by atoms with Crippen molar-refractivity contribution in [2.75, 3.05) is 0 Å². The van der Waals surface area contributed by atoms with Gasteiger partial charge in [0.15, 0.2) is 12.4 Å². The number of aliphatic hydroxyl groups excluding tert-OH is 2. The Morgan fingerprint density at radius 1 is 1.17 bits per heavy atom. The quantitative estimate of drug-likeness (QED) is 0.468. The smallest absolute Gasteiger partial charge is 0.303 e. The highest BCUT2D eigenvalue weighted by molar-refractivity contribution is 5.66. The first-order chi connectivity index (χ1) is 13.9. The van der Waals surface area contributed by atoms with Crippen LogP contribution in [-0.4, -0.2) is 63.7 Å². The zero-order chi connectivity index (χ0) is 22.2. The number of carbonyl (C=O) groups is 1. The van der Waals surface area contributed by atoms with Gasteiger partial charge in [-0.15, -0.1) is 0 Å². The molecule has 3 aliphatic carbocycles. The van der Waals surface area contributed by atoms with E-state index in [1.54, 1.807) is 6.92 Å². The highest BCUT2D eigenvalue weighted by atomic mass is 16.7. The number of esters is 1. The lowest BCUT2D eigenvalue weighted by molar-refractivity contribution is -0.308. The average molecular weight is 425 g/mol. The van der Waals surface area contributed by atoms with E-state index >= 15 is 0 Å². The van der Waals surface area contributed by atoms with Crippen molar-refractivity contribution in [2.24, 2.45) is 29.1 Å². The summed E-state index contributed by atoms with van der Waals surface area (Å²) in [6.45, 7) is 13.6. The number of rotatable bonds is 3. The van der Waals surface area contributed by atoms with Crippen LogP contribution in [0.1, 0.15) is 53.9 Å². The summed E-state index contributed by atoms with van der Waals surface area (Å²) in [5, 5.41) is 31.8. The van der Waals surface area contributed by atoms with Crippen LogP contribution in [0.2, 0.25) is 0 Å². The summed E-state index contributed by atoms with van der Waals surface area (Å²) in [4.78, 5) is 11.6. The van der Waals surface area contributed by atoms with Crippen molar-refractivity contribution in [1.29, 1.82) is 0 Å². The minimum atomic E-state index is -1.29. The number of ether oxygens (including phenoxy) is 3. The first-order valence-corrected chi connectivity index (χ1v) is 11.1. The molecule has 7 nitrogen and oxygen atoms in total. The highest BCUT2D eigenvalue weighted by Gasteiger charge is 2.70. The molecule has 0 unspecified atom stereocenters. The molecule has 3 saturated carbocycles. The number of fused-ring (bicyclic) bond motifs is 3. The lowest BCUT2D eigenvalue weighted by Gasteiger charge is -2.42. The van der Waals surface area contributed by atoms with Crippen LogP contribution >= 0.6 is 0 Å². The van der Waals surface area contributed by atoms with Crippen LogP contribution < -0.4 is 0 Å². The van der Waals surface area contributed by atoms with E-state index in [4.69, 9.17) is 14.2 Å². The Kier molecular flexibility index (Phi) is 5.38. The molecular formula is C23H36O7. The molecule has 0 spiro atoms. The fourth-order valence-electron chi connectivity index (χ4n) is 6.71. The predicted molar refractivity (Wildman–Crippen MR) is 108 cm³/mol. The van der Waals surface area contributed by atoms with E-state index in [-0.39, 0.29) is 29.3 Å². The van der Waals surface area contributed by atoms with Crippen LogP contribution in [0.15, 0.2) is 12.2 Å². The number of aliphatic hydroxyl groups is 3. The lowest BCUT2D eigenvalue weighted by atomic mass is 9.77. The van der Waals surface area contributed by atoms with Gasteiger partial charge in [-0.1, -0.05) is 26.0 Å². The van der Waals surface area contributed by atoms with Crippen molar-refractivity contribution >= 4 is 5.97 Å². The second-order valence-electron chi connectivity index (χ2n) is 10.7. The van der Waals surface area contributed by atoms with E-state index in [9.17, 15) is 20.1 Å². The maximum atomic E-state index is 11.6. The molecular weight excluding hydrogens is 388 g/mol. The van der Waals surface area contributed by atoms with Crippen LogP contribution in [-0.2, 0) is 19.0 Å². The van der Waals surface area contributed by atoms with Crippen LogP contribution in [0.3, 0.4) is 0 Å². The maximum absolute atomic E-state index is 11.6. The Morgan fingerprint density at radius 3 is 2.47 bits per heavy atom. The summed E-state index contributed by atoms with van der Waals surface area (Å²) < 4.78 is 17.5. The Balaban J connectivity index is 1.59. The lowest BCUT2D eigenvalue weighted by Crippen LogP contribution is -2.59. The molecule has 30 heavy (non-hydrogen) atoms. The fourth-order valence-corrected chi connectivity index (χ4v) is 6.71. The van der Waals surface area contributed by atoms with Gasteiger partial charge in [0, 0.05) is 6.92 Å². The first-order valence-electron chi connectivity index (χ1n) is 11.1.